The molecule has 0 heterocycles. The number of hydrogen-bond acceptors (Lipinski definition) is 3. The average molecular weight is 440 g/mol. The molecule has 0 saturated heterocycles. The van der Waals surface area contributed by atoms with Crippen LogP contribution in [0, 0.1) is 6.92 Å². The maximum absolute atomic E-state index is 11.0. The van der Waals surface area contributed by atoms with E-state index in [-0.39, 0.29) is 36.3 Å². The number of guanidine groups is 1. The highest BCUT2D eigenvalue weighted by molar-refractivity contribution is 14.0. The Bertz CT molecular complexity index is 590. The number of nitrogens with one attached hydrogen (secondary N) is 1. The largest absolute Gasteiger partial charge is 0.357 e. The molecule has 0 bridgehead atoms. The third kappa shape index (κ3) is 7.95. The highest BCUT2D eigenvalue weighted by atomic mass is 127. The summed E-state index contributed by atoms with van der Waals surface area (Å²) in [5, 5.41) is 8.13. The summed E-state index contributed by atoms with van der Waals surface area (Å²) in [6.07, 6.45) is 0. The molecule has 0 aliphatic heterocycles. The Morgan fingerprint density at radius 1 is 1.36 bits per heavy atom. The molecule has 0 fully saturated rings. The van der Waals surface area contributed by atoms with E-state index in [0.29, 0.717) is 19.0 Å². The van der Waals surface area contributed by atoms with Gasteiger partial charge in [0.1, 0.15) is 0 Å². The Labute approximate surface area is 150 Å². The molecular formula is C14H25IN4O2S. The molecule has 0 radical (unpaired) electrons. The number of aryl methyl sites for hydroxylation is 1. The first-order chi connectivity index (χ1) is 9.83. The normalized spacial score (nSPS) is 11.7. The van der Waals surface area contributed by atoms with Crippen molar-refractivity contribution in [2.45, 2.75) is 20.4 Å². The van der Waals surface area contributed by atoms with Crippen LogP contribution in [0.25, 0.3) is 0 Å². The molecule has 0 saturated carbocycles. The quantitative estimate of drug-likeness (QED) is 0.397. The Morgan fingerprint density at radius 2 is 2.00 bits per heavy atom. The molecule has 0 amide bonds. The van der Waals surface area contributed by atoms with Gasteiger partial charge in [-0.25, -0.2) is 13.6 Å². The van der Waals surface area contributed by atoms with Crippen molar-refractivity contribution >= 4 is 40.0 Å². The van der Waals surface area contributed by atoms with Crippen molar-refractivity contribution in [1.29, 1.82) is 0 Å². The highest BCUT2D eigenvalue weighted by Crippen LogP contribution is 2.09. The monoisotopic (exact) mass is 440 g/mol. The fourth-order valence-electron chi connectivity index (χ4n) is 1.87. The van der Waals surface area contributed by atoms with E-state index >= 15 is 0 Å². The van der Waals surface area contributed by atoms with Crippen LogP contribution in [0.5, 0.6) is 0 Å². The number of benzene rings is 1. The van der Waals surface area contributed by atoms with Gasteiger partial charge >= 0.3 is 0 Å². The molecule has 6 nitrogen and oxygen atoms in total. The highest BCUT2D eigenvalue weighted by Gasteiger charge is 2.08. The average Bonchev–Trinajstić information content (AvgIpc) is 2.39. The van der Waals surface area contributed by atoms with Crippen molar-refractivity contribution in [2.75, 3.05) is 25.9 Å². The van der Waals surface area contributed by atoms with E-state index in [2.05, 4.69) is 29.4 Å². The van der Waals surface area contributed by atoms with E-state index < -0.39 is 10.0 Å². The number of halogens is 1. The predicted molar refractivity (Wildman–Crippen MR) is 102 cm³/mol. The van der Waals surface area contributed by atoms with Gasteiger partial charge in [-0.2, -0.15) is 0 Å². The lowest BCUT2D eigenvalue weighted by Crippen LogP contribution is -2.39. The third-order valence-corrected chi connectivity index (χ3v) is 3.75. The van der Waals surface area contributed by atoms with Gasteiger partial charge in [-0.1, -0.05) is 24.3 Å². The lowest BCUT2D eigenvalue weighted by molar-refractivity contribution is 0.476. The second kappa shape index (κ2) is 10.0. The molecule has 22 heavy (non-hydrogen) atoms. The summed E-state index contributed by atoms with van der Waals surface area (Å²) in [5.41, 5.74) is 2.42. The molecule has 1 aromatic carbocycles. The molecule has 1 rings (SSSR count). The van der Waals surface area contributed by atoms with E-state index in [0.717, 1.165) is 0 Å². The lowest BCUT2D eigenvalue weighted by Gasteiger charge is -2.23. The minimum Gasteiger partial charge on any atom is -0.357 e. The molecule has 0 unspecified atom stereocenters. The second-order valence-electron chi connectivity index (χ2n) is 4.89. The SMILES string of the molecule is CCNC(=NCCS(N)(=O)=O)N(C)Cc1ccccc1C.I. The van der Waals surface area contributed by atoms with Crippen LogP contribution in [0.4, 0.5) is 0 Å². The van der Waals surface area contributed by atoms with E-state index in [1.807, 2.05) is 31.0 Å². The summed E-state index contributed by atoms with van der Waals surface area (Å²) in [7, 11) is -1.56. The molecule has 0 spiro atoms. The molecule has 126 valence electrons. The van der Waals surface area contributed by atoms with Crippen LogP contribution >= 0.6 is 24.0 Å². The van der Waals surface area contributed by atoms with Crippen molar-refractivity contribution in [3.8, 4) is 0 Å². The number of nitrogens with zero attached hydrogens (tertiary/aromatic N) is 2. The van der Waals surface area contributed by atoms with Gasteiger partial charge in [0.05, 0.1) is 12.3 Å². The minimum absolute atomic E-state index is 0. The first-order valence-electron chi connectivity index (χ1n) is 6.88. The minimum atomic E-state index is -3.48. The van der Waals surface area contributed by atoms with Gasteiger partial charge in [-0.15, -0.1) is 24.0 Å². The van der Waals surface area contributed by atoms with Crippen LogP contribution in [0.2, 0.25) is 0 Å². The zero-order valence-corrected chi connectivity index (χ0v) is 16.4. The molecule has 8 heteroatoms. The zero-order valence-electron chi connectivity index (χ0n) is 13.2. The van der Waals surface area contributed by atoms with Crippen LogP contribution in [-0.2, 0) is 16.6 Å². The smallest absolute Gasteiger partial charge is 0.210 e. The van der Waals surface area contributed by atoms with E-state index in [9.17, 15) is 8.42 Å². The van der Waals surface area contributed by atoms with Gasteiger partial charge in [0.25, 0.3) is 0 Å². The molecule has 0 aliphatic rings. The lowest BCUT2D eigenvalue weighted by atomic mass is 10.1. The number of aliphatic imine (C=N–C) groups is 1. The summed E-state index contributed by atoms with van der Waals surface area (Å²) in [5.74, 6) is 0.518. The van der Waals surface area contributed by atoms with Gasteiger partial charge < -0.3 is 10.2 Å². The standard InChI is InChI=1S/C14H24N4O2S.HI/c1-4-16-14(17-9-10-21(15,19)20)18(3)11-13-8-6-5-7-12(13)2;/h5-8H,4,9-11H2,1-3H3,(H,16,17)(H2,15,19,20);1H. The zero-order chi connectivity index (χ0) is 15.9. The Kier molecular flexibility index (Phi) is 9.61. The third-order valence-electron chi connectivity index (χ3n) is 3.00. The number of hydrogen-bond donors (Lipinski definition) is 2. The molecular weight excluding hydrogens is 415 g/mol. The number of nitrogens with two attached hydrogens (primary N) is 1. The van der Waals surface area contributed by atoms with Gasteiger partial charge in [0.15, 0.2) is 5.96 Å². The number of sulfonamides is 1. The molecule has 3 N–H and O–H groups in total. The van der Waals surface area contributed by atoms with E-state index in [1.165, 1.54) is 11.1 Å². The van der Waals surface area contributed by atoms with Gasteiger partial charge in [0, 0.05) is 20.1 Å². The fraction of sp³-hybridized carbons (Fsp3) is 0.500. The summed E-state index contributed by atoms with van der Waals surface area (Å²) in [6, 6.07) is 8.14. The predicted octanol–water partition coefficient (Wildman–Crippen LogP) is 1.30. The van der Waals surface area contributed by atoms with Crippen LogP contribution < -0.4 is 10.5 Å². The van der Waals surface area contributed by atoms with Crippen molar-refractivity contribution in [3.05, 3.63) is 35.4 Å². The molecule has 0 atom stereocenters. The Balaban J connectivity index is 0.00000441. The van der Waals surface area contributed by atoms with Gasteiger partial charge in [-0.05, 0) is 25.0 Å². The van der Waals surface area contributed by atoms with Gasteiger partial charge in [-0.3, -0.25) is 4.99 Å². The van der Waals surface area contributed by atoms with E-state index in [1.54, 1.807) is 0 Å². The number of primary sulfonamides is 1. The van der Waals surface area contributed by atoms with Crippen molar-refractivity contribution in [2.24, 2.45) is 10.1 Å². The fourth-order valence-corrected chi connectivity index (χ4v) is 2.21. The molecule has 0 aromatic heterocycles. The van der Waals surface area contributed by atoms with Crippen LogP contribution in [0.1, 0.15) is 18.1 Å². The maximum atomic E-state index is 11.0. The van der Waals surface area contributed by atoms with Crippen molar-refractivity contribution in [1.82, 2.24) is 10.2 Å². The maximum Gasteiger partial charge on any atom is 0.210 e. The van der Waals surface area contributed by atoms with Crippen molar-refractivity contribution in [3.63, 3.8) is 0 Å². The summed E-state index contributed by atoms with van der Waals surface area (Å²) >= 11 is 0. The van der Waals surface area contributed by atoms with Crippen LogP contribution in [-0.4, -0.2) is 45.2 Å². The molecule has 1 aromatic rings. The van der Waals surface area contributed by atoms with Crippen LogP contribution in [0.3, 0.4) is 0 Å². The summed E-state index contributed by atoms with van der Waals surface area (Å²) in [6.45, 7) is 5.60. The second-order valence-corrected chi connectivity index (χ2v) is 6.62. The molecule has 0 aliphatic carbocycles. The van der Waals surface area contributed by atoms with Crippen LogP contribution in [0.15, 0.2) is 29.3 Å². The van der Waals surface area contributed by atoms with E-state index in [4.69, 9.17) is 5.14 Å². The summed E-state index contributed by atoms with van der Waals surface area (Å²) < 4.78 is 21.9. The Hall–Kier alpha value is -0.870. The topological polar surface area (TPSA) is 87.8 Å². The number of rotatable bonds is 6. The van der Waals surface area contributed by atoms with Gasteiger partial charge in [0.2, 0.25) is 10.0 Å². The first kappa shape index (κ1) is 21.1. The summed E-state index contributed by atoms with van der Waals surface area (Å²) in [4.78, 5) is 6.26. The Morgan fingerprint density at radius 3 is 2.55 bits per heavy atom. The van der Waals surface area contributed by atoms with Crippen molar-refractivity contribution < 1.29 is 8.42 Å². The first-order valence-corrected chi connectivity index (χ1v) is 8.59.